The summed E-state index contributed by atoms with van der Waals surface area (Å²) in [4.78, 5) is 0. The van der Waals surface area contributed by atoms with Gasteiger partial charge in [0.2, 0.25) is 0 Å². The highest BCUT2D eigenvalue weighted by atomic mass is 16.3. The maximum atomic E-state index is 9.48. The monoisotopic (exact) mass is 235 g/mol. The van der Waals surface area contributed by atoms with Crippen LogP contribution in [-0.2, 0) is 6.42 Å². The molecule has 2 unspecified atom stereocenters. The minimum absolute atomic E-state index is 0.219. The highest BCUT2D eigenvalue weighted by Crippen LogP contribution is 2.16. The van der Waals surface area contributed by atoms with Gasteiger partial charge < -0.3 is 15.5 Å². The Balaban J connectivity index is 1.93. The molecule has 0 radical (unpaired) electrons. The molecule has 2 atom stereocenters. The van der Waals surface area contributed by atoms with E-state index in [0.717, 1.165) is 18.5 Å². The summed E-state index contributed by atoms with van der Waals surface area (Å²) >= 11 is 0. The van der Waals surface area contributed by atoms with Gasteiger partial charge in [-0.25, -0.2) is 0 Å². The first-order valence-corrected chi connectivity index (χ1v) is 6.40. The molecule has 1 aromatic carbocycles. The average Bonchev–Trinajstić information content (AvgIpc) is 2.40. The first-order chi connectivity index (χ1) is 8.29. The van der Waals surface area contributed by atoms with Gasteiger partial charge in [0.1, 0.15) is 6.10 Å². The minimum Gasteiger partial charge on any atom is -0.393 e. The van der Waals surface area contributed by atoms with Gasteiger partial charge in [-0.05, 0) is 36.9 Å². The number of aliphatic hydroxyl groups excluding tert-OH is 2. The number of aliphatic hydroxyl groups is 2. The zero-order valence-corrected chi connectivity index (χ0v) is 10.1. The lowest BCUT2D eigenvalue weighted by atomic mass is 9.97. The highest BCUT2D eigenvalue weighted by Gasteiger charge is 2.13. The van der Waals surface area contributed by atoms with Crippen molar-refractivity contribution in [2.45, 2.75) is 37.8 Å². The van der Waals surface area contributed by atoms with E-state index in [1.165, 1.54) is 24.8 Å². The van der Waals surface area contributed by atoms with Gasteiger partial charge in [0.15, 0.2) is 0 Å². The highest BCUT2D eigenvalue weighted by molar-refractivity contribution is 5.25. The predicted molar refractivity (Wildman–Crippen MR) is 67.8 cm³/mol. The summed E-state index contributed by atoms with van der Waals surface area (Å²) in [6.07, 6.45) is 4.16. The molecule has 1 heterocycles. The molecule has 1 aliphatic heterocycles. The van der Waals surface area contributed by atoms with Crippen LogP contribution in [0.3, 0.4) is 0 Å². The van der Waals surface area contributed by atoms with Crippen LogP contribution in [0.1, 0.15) is 36.5 Å². The number of benzene rings is 1. The topological polar surface area (TPSA) is 52.5 Å². The molecule has 94 valence electrons. The van der Waals surface area contributed by atoms with Gasteiger partial charge in [0, 0.05) is 6.04 Å². The maximum Gasteiger partial charge on any atom is 0.102 e. The van der Waals surface area contributed by atoms with E-state index < -0.39 is 6.10 Å². The smallest absolute Gasteiger partial charge is 0.102 e. The second-order valence-electron chi connectivity index (χ2n) is 4.79. The van der Waals surface area contributed by atoms with Gasteiger partial charge in [0.25, 0.3) is 0 Å². The summed E-state index contributed by atoms with van der Waals surface area (Å²) in [7, 11) is 0. The lowest BCUT2D eigenvalue weighted by Crippen LogP contribution is -2.35. The van der Waals surface area contributed by atoms with Crippen LogP contribution in [0.2, 0.25) is 0 Å². The zero-order chi connectivity index (χ0) is 12.1. The molecule has 0 saturated carbocycles. The summed E-state index contributed by atoms with van der Waals surface area (Å²) < 4.78 is 0. The number of nitrogens with one attached hydrogen (secondary N) is 1. The van der Waals surface area contributed by atoms with Crippen molar-refractivity contribution in [2.75, 3.05) is 13.2 Å². The quantitative estimate of drug-likeness (QED) is 0.739. The molecule has 1 saturated heterocycles. The van der Waals surface area contributed by atoms with E-state index in [9.17, 15) is 5.11 Å². The second kappa shape index (κ2) is 6.15. The normalized spacial score (nSPS) is 22.4. The average molecular weight is 235 g/mol. The van der Waals surface area contributed by atoms with Crippen molar-refractivity contribution >= 4 is 0 Å². The molecule has 0 bridgehead atoms. The molecule has 17 heavy (non-hydrogen) atoms. The van der Waals surface area contributed by atoms with Crippen molar-refractivity contribution in [1.29, 1.82) is 0 Å². The van der Waals surface area contributed by atoms with Crippen molar-refractivity contribution < 1.29 is 10.2 Å². The Hall–Kier alpha value is -0.900. The Bertz CT molecular complexity index is 331. The van der Waals surface area contributed by atoms with Crippen LogP contribution in [0.5, 0.6) is 0 Å². The van der Waals surface area contributed by atoms with Crippen molar-refractivity contribution in [1.82, 2.24) is 5.32 Å². The van der Waals surface area contributed by atoms with Crippen molar-refractivity contribution in [3.8, 4) is 0 Å². The number of hydrogen-bond acceptors (Lipinski definition) is 3. The van der Waals surface area contributed by atoms with E-state index in [1.807, 2.05) is 24.3 Å². The molecular formula is C14H21NO2. The Morgan fingerprint density at radius 1 is 1.24 bits per heavy atom. The van der Waals surface area contributed by atoms with Gasteiger partial charge >= 0.3 is 0 Å². The summed E-state index contributed by atoms with van der Waals surface area (Å²) in [5.41, 5.74) is 2.08. The van der Waals surface area contributed by atoms with Crippen LogP contribution in [-0.4, -0.2) is 29.4 Å². The SMILES string of the molecule is OCC(O)c1ccc(CC2CCCCN2)cc1. The summed E-state index contributed by atoms with van der Waals surface area (Å²) in [5.74, 6) is 0. The molecule has 0 aliphatic carbocycles. The summed E-state index contributed by atoms with van der Waals surface area (Å²) in [6.45, 7) is 0.912. The number of rotatable bonds is 4. The van der Waals surface area contributed by atoms with E-state index in [0.29, 0.717) is 6.04 Å². The van der Waals surface area contributed by atoms with Gasteiger partial charge in [-0.1, -0.05) is 30.7 Å². The molecule has 0 amide bonds. The molecule has 0 aromatic heterocycles. The lowest BCUT2D eigenvalue weighted by molar-refractivity contribution is 0.0956. The fraction of sp³-hybridized carbons (Fsp3) is 0.571. The Labute approximate surface area is 102 Å². The molecule has 3 N–H and O–H groups in total. The van der Waals surface area contributed by atoms with Crippen LogP contribution in [0, 0.1) is 0 Å². The maximum absolute atomic E-state index is 9.48. The van der Waals surface area contributed by atoms with E-state index in [1.54, 1.807) is 0 Å². The van der Waals surface area contributed by atoms with Crippen LogP contribution in [0.4, 0.5) is 0 Å². The summed E-state index contributed by atoms with van der Waals surface area (Å²) in [6, 6.07) is 8.49. The third-order valence-electron chi connectivity index (χ3n) is 3.43. The third kappa shape index (κ3) is 3.53. The van der Waals surface area contributed by atoms with Crippen LogP contribution in [0.25, 0.3) is 0 Å². The Kier molecular flexibility index (Phi) is 4.54. The standard InChI is InChI=1S/C14H21NO2/c16-10-14(17)12-6-4-11(5-7-12)9-13-3-1-2-8-15-13/h4-7,13-17H,1-3,8-10H2. The largest absolute Gasteiger partial charge is 0.393 e. The minimum atomic E-state index is -0.753. The van der Waals surface area contributed by atoms with Crippen molar-refractivity contribution in [3.05, 3.63) is 35.4 Å². The Morgan fingerprint density at radius 3 is 2.59 bits per heavy atom. The van der Waals surface area contributed by atoms with Gasteiger partial charge in [-0.3, -0.25) is 0 Å². The molecule has 1 fully saturated rings. The van der Waals surface area contributed by atoms with E-state index >= 15 is 0 Å². The summed E-state index contributed by atoms with van der Waals surface area (Å²) in [5, 5.41) is 21.9. The van der Waals surface area contributed by atoms with Crippen LogP contribution < -0.4 is 5.32 Å². The number of piperidine rings is 1. The molecule has 1 aromatic rings. The molecular weight excluding hydrogens is 214 g/mol. The molecule has 3 heteroatoms. The van der Waals surface area contributed by atoms with Gasteiger partial charge in [0.05, 0.1) is 6.61 Å². The van der Waals surface area contributed by atoms with Crippen molar-refractivity contribution in [3.63, 3.8) is 0 Å². The molecule has 3 nitrogen and oxygen atoms in total. The molecule has 1 aliphatic rings. The van der Waals surface area contributed by atoms with E-state index in [-0.39, 0.29) is 6.61 Å². The molecule has 0 spiro atoms. The van der Waals surface area contributed by atoms with Gasteiger partial charge in [-0.15, -0.1) is 0 Å². The first-order valence-electron chi connectivity index (χ1n) is 6.40. The fourth-order valence-electron chi connectivity index (χ4n) is 2.36. The second-order valence-corrected chi connectivity index (χ2v) is 4.79. The predicted octanol–water partition coefficient (Wildman–Crippen LogP) is 1.40. The first kappa shape index (κ1) is 12.6. The van der Waals surface area contributed by atoms with Crippen molar-refractivity contribution in [2.24, 2.45) is 0 Å². The number of hydrogen-bond donors (Lipinski definition) is 3. The fourth-order valence-corrected chi connectivity index (χ4v) is 2.36. The molecule has 2 rings (SSSR count). The Morgan fingerprint density at radius 2 is 2.00 bits per heavy atom. The third-order valence-corrected chi connectivity index (χ3v) is 3.43. The van der Waals surface area contributed by atoms with Gasteiger partial charge in [-0.2, -0.15) is 0 Å². The van der Waals surface area contributed by atoms with E-state index in [4.69, 9.17) is 5.11 Å². The van der Waals surface area contributed by atoms with Crippen LogP contribution >= 0.6 is 0 Å². The lowest BCUT2D eigenvalue weighted by Gasteiger charge is -2.23. The van der Waals surface area contributed by atoms with E-state index in [2.05, 4.69) is 5.32 Å². The zero-order valence-electron chi connectivity index (χ0n) is 10.1. The van der Waals surface area contributed by atoms with Crippen LogP contribution in [0.15, 0.2) is 24.3 Å².